The molecule has 1 rings (SSSR count). The molecular weight excluding hydrogens is 286 g/mol. The molecule has 1 aromatic rings. The van der Waals surface area contributed by atoms with E-state index in [-0.39, 0.29) is 17.8 Å². The van der Waals surface area contributed by atoms with Crippen molar-refractivity contribution in [3.8, 4) is 0 Å². The van der Waals surface area contributed by atoms with E-state index in [9.17, 15) is 19.1 Å². The Kier molecular flexibility index (Phi) is 6.00. The monoisotopic (exact) mass is 301 g/mol. The minimum atomic E-state index is -0.994. The molecule has 10 heteroatoms. The summed E-state index contributed by atoms with van der Waals surface area (Å²) in [5, 5.41) is 13.2. The Bertz CT molecular complexity index is 536. The Morgan fingerprint density at radius 2 is 2.30 bits per heavy atom. The first-order valence-corrected chi connectivity index (χ1v) is 7.22. The zero-order valence-corrected chi connectivity index (χ0v) is 11.6. The molecular formula is C10H15N5O4S. The third kappa shape index (κ3) is 4.24. The molecule has 0 aliphatic heterocycles. The van der Waals surface area contributed by atoms with E-state index in [2.05, 4.69) is 15.7 Å². The maximum Gasteiger partial charge on any atom is 0.364 e. The normalized spacial score (nSPS) is 11.7. The van der Waals surface area contributed by atoms with E-state index >= 15 is 0 Å². The van der Waals surface area contributed by atoms with Crippen molar-refractivity contribution in [2.75, 3.05) is 23.5 Å². The van der Waals surface area contributed by atoms with Gasteiger partial charge in [0.1, 0.15) is 5.69 Å². The number of carbonyl (C=O) groups excluding carboxylic acids is 1. The van der Waals surface area contributed by atoms with Crippen molar-refractivity contribution in [3.05, 3.63) is 27.9 Å². The van der Waals surface area contributed by atoms with Gasteiger partial charge in [-0.05, 0) is 9.91 Å². The van der Waals surface area contributed by atoms with Gasteiger partial charge in [0, 0.05) is 28.9 Å². The third-order valence-corrected chi connectivity index (χ3v) is 3.72. The van der Waals surface area contributed by atoms with Crippen molar-refractivity contribution in [1.82, 2.24) is 10.3 Å². The summed E-state index contributed by atoms with van der Waals surface area (Å²) in [5.41, 5.74) is 2.43. The molecule has 0 aliphatic rings. The van der Waals surface area contributed by atoms with Gasteiger partial charge in [-0.1, -0.05) is 6.92 Å². The number of hydrogen-bond donors (Lipinski definition) is 3. The maximum absolute atomic E-state index is 11.9. The van der Waals surface area contributed by atoms with E-state index in [0.29, 0.717) is 11.5 Å². The highest BCUT2D eigenvalue weighted by Crippen LogP contribution is 2.18. The van der Waals surface area contributed by atoms with Crippen LogP contribution in [0.2, 0.25) is 0 Å². The van der Waals surface area contributed by atoms with Crippen molar-refractivity contribution in [2.45, 2.75) is 6.92 Å². The number of carbonyl (C=O) groups is 1. The van der Waals surface area contributed by atoms with E-state index in [1.807, 2.05) is 0 Å². The molecule has 9 nitrogen and oxygen atoms in total. The number of hydrazine groups is 1. The van der Waals surface area contributed by atoms with Crippen LogP contribution in [0.3, 0.4) is 0 Å². The molecule has 1 heterocycles. The van der Waals surface area contributed by atoms with Crippen LogP contribution in [0.1, 0.15) is 17.3 Å². The van der Waals surface area contributed by atoms with Gasteiger partial charge in [0.15, 0.2) is 6.20 Å². The Balaban J connectivity index is 2.82. The summed E-state index contributed by atoms with van der Waals surface area (Å²) in [6.07, 6.45) is 1.11. The second kappa shape index (κ2) is 7.50. The summed E-state index contributed by atoms with van der Waals surface area (Å²) in [5.74, 6) is 5.05. The number of amides is 1. The molecule has 0 saturated heterocycles. The van der Waals surface area contributed by atoms with E-state index < -0.39 is 27.4 Å². The number of nitro groups is 1. The standard InChI is InChI=1S/C10H15N5O4S/c1-2-20(19)4-3-12-10(16)7-5-9(15(17)18)13-6-8(7)14-11/h5-6,14H,2-4,11H2,1H3,(H,12,16). The zero-order chi connectivity index (χ0) is 15.1. The van der Waals surface area contributed by atoms with Gasteiger partial charge in [0.2, 0.25) is 0 Å². The molecule has 0 radical (unpaired) electrons. The number of nitrogens with zero attached hydrogens (tertiary/aromatic N) is 2. The van der Waals surface area contributed by atoms with Crippen LogP contribution in [0.5, 0.6) is 0 Å². The molecule has 1 unspecified atom stereocenters. The Hall–Kier alpha value is -2.07. The van der Waals surface area contributed by atoms with Crippen LogP contribution < -0.4 is 16.6 Å². The lowest BCUT2D eigenvalue weighted by molar-refractivity contribution is -0.389. The summed E-state index contributed by atoms with van der Waals surface area (Å²) in [6.45, 7) is 1.99. The summed E-state index contributed by atoms with van der Waals surface area (Å²) in [7, 11) is -0.994. The first-order valence-electron chi connectivity index (χ1n) is 5.73. The second-order valence-electron chi connectivity index (χ2n) is 3.68. The minimum Gasteiger partial charge on any atom is -0.358 e. The highest BCUT2D eigenvalue weighted by Gasteiger charge is 2.18. The molecule has 0 saturated carbocycles. The van der Waals surface area contributed by atoms with Gasteiger partial charge in [-0.25, -0.2) is 0 Å². The van der Waals surface area contributed by atoms with E-state index in [1.54, 1.807) is 6.92 Å². The number of nitrogens with two attached hydrogens (primary N) is 1. The molecule has 1 amide bonds. The summed E-state index contributed by atoms with van der Waals surface area (Å²) in [4.78, 5) is 25.4. The average Bonchev–Trinajstić information content (AvgIpc) is 2.45. The Labute approximate surface area is 117 Å². The second-order valence-corrected chi connectivity index (χ2v) is 5.54. The van der Waals surface area contributed by atoms with Crippen LogP contribution >= 0.6 is 0 Å². The van der Waals surface area contributed by atoms with E-state index in [1.165, 1.54) is 0 Å². The first kappa shape index (κ1) is 16.0. The molecule has 0 spiro atoms. The van der Waals surface area contributed by atoms with Crippen LogP contribution in [-0.2, 0) is 10.8 Å². The smallest absolute Gasteiger partial charge is 0.358 e. The Morgan fingerprint density at radius 3 is 2.85 bits per heavy atom. The number of nitrogen functional groups attached to an aromatic ring is 1. The van der Waals surface area contributed by atoms with Gasteiger partial charge in [0.05, 0.1) is 11.6 Å². The van der Waals surface area contributed by atoms with Crippen molar-refractivity contribution >= 4 is 28.2 Å². The van der Waals surface area contributed by atoms with E-state index in [4.69, 9.17) is 5.84 Å². The van der Waals surface area contributed by atoms with Crippen LogP contribution in [0, 0.1) is 10.1 Å². The predicted octanol–water partition coefficient (Wildman–Crippen LogP) is -0.226. The lowest BCUT2D eigenvalue weighted by Crippen LogP contribution is -2.29. The van der Waals surface area contributed by atoms with Gasteiger partial charge in [-0.2, -0.15) is 0 Å². The minimum absolute atomic E-state index is 0.0106. The molecule has 0 fully saturated rings. The highest BCUT2D eigenvalue weighted by atomic mass is 32.2. The topological polar surface area (TPSA) is 140 Å². The molecule has 0 aliphatic carbocycles. The molecule has 20 heavy (non-hydrogen) atoms. The number of aromatic nitrogens is 1. The van der Waals surface area contributed by atoms with Gasteiger partial charge < -0.3 is 20.9 Å². The van der Waals surface area contributed by atoms with Gasteiger partial charge in [0.25, 0.3) is 5.91 Å². The summed E-state index contributed by atoms with van der Waals surface area (Å²) in [6, 6.07) is 1.03. The first-order chi connectivity index (χ1) is 9.49. The number of hydrogen-bond acceptors (Lipinski definition) is 7. The average molecular weight is 301 g/mol. The number of rotatable bonds is 7. The van der Waals surface area contributed by atoms with Crippen molar-refractivity contribution in [3.63, 3.8) is 0 Å². The predicted molar refractivity (Wildman–Crippen MR) is 74.6 cm³/mol. The lowest BCUT2D eigenvalue weighted by Gasteiger charge is -2.08. The van der Waals surface area contributed by atoms with E-state index in [0.717, 1.165) is 12.3 Å². The number of nitrogens with one attached hydrogen (secondary N) is 2. The van der Waals surface area contributed by atoms with Crippen molar-refractivity contribution in [2.24, 2.45) is 5.84 Å². The van der Waals surface area contributed by atoms with Gasteiger partial charge >= 0.3 is 5.82 Å². The number of anilines is 1. The molecule has 110 valence electrons. The molecule has 1 atom stereocenters. The molecule has 1 aromatic heterocycles. The quantitative estimate of drug-likeness (QED) is 0.359. The highest BCUT2D eigenvalue weighted by molar-refractivity contribution is 7.84. The lowest BCUT2D eigenvalue weighted by atomic mass is 10.2. The fourth-order valence-electron chi connectivity index (χ4n) is 1.37. The van der Waals surface area contributed by atoms with Gasteiger partial charge in [-0.3, -0.25) is 14.8 Å². The Morgan fingerprint density at radius 1 is 1.60 bits per heavy atom. The third-order valence-electron chi connectivity index (χ3n) is 2.41. The van der Waals surface area contributed by atoms with Crippen LogP contribution in [0.25, 0.3) is 0 Å². The molecule has 0 bridgehead atoms. The van der Waals surface area contributed by atoms with Crippen molar-refractivity contribution < 1.29 is 13.9 Å². The largest absolute Gasteiger partial charge is 0.364 e. The van der Waals surface area contributed by atoms with Gasteiger partial charge in [-0.15, -0.1) is 0 Å². The van der Waals surface area contributed by atoms with Crippen molar-refractivity contribution in [1.29, 1.82) is 0 Å². The molecule has 0 aromatic carbocycles. The summed E-state index contributed by atoms with van der Waals surface area (Å²) < 4.78 is 11.2. The fraction of sp³-hybridized carbons (Fsp3) is 0.400. The number of pyridine rings is 1. The van der Waals surface area contributed by atoms with Crippen LogP contribution in [0.15, 0.2) is 12.3 Å². The van der Waals surface area contributed by atoms with Crippen LogP contribution in [-0.4, -0.2) is 38.1 Å². The maximum atomic E-state index is 11.9. The van der Waals surface area contributed by atoms with Crippen LogP contribution in [0.4, 0.5) is 11.5 Å². The SMILES string of the molecule is CCS(=O)CCNC(=O)c1cc([N+](=O)[O-])ncc1NN. The summed E-state index contributed by atoms with van der Waals surface area (Å²) >= 11 is 0. The molecule has 4 N–H and O–H groups in total. The fourth-order valence-corrected chi connectivity index (χ4v) is 1.98. The zero-order valence-electron chi connectivity index (χ0n) is 10.8.